The molecule has 3 aromatic rings. The number of amides is 2. The van der Waals surface area contributed by atoms with E-state index in [1.165, 1.54) is 6.33 Å². The van der Waals surface area contributed by atoms with Crippen LogP contribution in [0.25, 0.3) is 5.69 Å². The van der Waals surface area contributed by atoms with Crippen LogP contribution in [0.3, 0.4) is 0 Å². The first-order valence-electron chi connectivity index (χ1n) is 9.77. The van der Waals surface area contributed by atoms with Crippen LogP contribution in [0.15, 0.2) is 55.1 Å². The Hall–Kier alpha value is -3.68. The summed E-state index contributed by atoms with van der Waals surface area (Å²) in [5.41, 5.74) is 3.75. The molecule has 0 fully saturated rings. The van der Waals surface area contributed by atoms with E-state index in [9.17, 15) is 9.59 Å². The van der Waals surface area contributed by atoms with Crippen LogP contribution in [0.4, 0.5) is 5.69 Å². The highest BCUT2D eigenvalue weighted by Gasteiger charge is 2.19. The molecular weight excluding hydrogens is 382 g/mol. The van der Waals surface area contributed by atoms with Crippen LogP contribution >= 0.6 is 0 Å². The normalized spacial score (nSPS) is 13.9. The molecule has 2 amide bonds. The lowest BCUT2D eigenvalue weighted by Crippen LogP contribution is -2.33. The van der Waals surface area contributed by atoms with Gasteiger partial charge >= 0.3 is 0 Å². The van der Waals surface area contributed by atoms with Gasteiger partial charge in [-0.15, -0.1) is 0 Å². The molecule has 1 aliphatic rings. The van der Waals surface area contributed by atoms with Crippen LogP contribution in [0.2, 0.25) is 0 Å². The number of ether oxygens (including phenoxy) is 1. The number of benzene rings is 2. The first-order valence-corrected chi connectivity index (χ1v) is 9.77. The Morgan fingerprint density at radius 2 is 2.03 bits per heavy atom. The Morgan fingerprint density at radius 1 is 1.23 bits per heavy atom. The molecule has 1 N–H and O–H groups in total. The number of carbonyl (C=O) groups excluding carboxylic acids is 2. The summed E-state index contributed by atoms with van der Waals surface area (Å²) < 4.78 is 7.40. The summed E-state index contributed by atoms with van der Waals surface area (Å²) in [4.78, 5) is 29.7. The maximum absolute atomic E-state index is 12.6. The highest BCUT2D eigenvalue weighted by Crippen LogP contribution is 2.27. The third-order valence-electron chi connectivity index (χ3n) is 5.37. The third-order valence-corrected chi connectivity index (χ3v) is 5.37. The van der Waals surface area contributed by atoms with Crippen LogP contribution in [0.1, 0.15) is 30.5 Å². The van der Waals surface area contributed by atoms with E-state index in [-0.39, 0.29) is 24.5 Å². The second-order valence-electron chi connectivity index (χ2n) is 7.27. The SMILES string of the molecule is CC(c1ccc(-n2cncn2)cc1)N(C)C(=O)COc1ccc2c(c1)CCC(=O)N2. The van der Waals surface area contributed by atoms with E-state index in [0.717, 1.165) is 22.5 Å². The van der Waals surface area contributed by atoms with Gasteiger partial charge in [-0.3, -0.25) is 9.59 Å². The minimum atomic E-state index is -0.117. The van der Waals surface area contributed by atoms with Crippen molar-refractivity contribution in [1.29, 1.82) is 0 Å². The zero-order valence-corrected chi connectivity index (χ0v) is 16.9. The monoisotopic (exact) mass is 405 g/mol. The summed E-state index contributed by atoms with van der Waals surface area (Å²) in [5, 5.41) is 6.95. The summed E-state index contributed by atoms with van der Waals surface area (Å²) in [6, 6.07) is 13.2. The summed E-state index contributed by atoms with van der Waals surface area (Å²) in [7, 11) is 1.77. The van der Waals surface area contributed by atoms with Gasteiger partial charge in [-0.25, -0.2) is 9.67 Å². The zero-order chi connectivity index (χ0) is 21.1. The average Bonchev–Trinajstić information content (AvgIpc) is 3.31. The van der Waals surface area contributed by atoms with Gasteiger partial charge in [0.15, 0.2) is 6.61 Å². The zero-order valence-electron chi connectivity index (χ0n) is 16.9. The van der Waals surface area contributed by atoms with E-state index < -0.39 is 0 Å². The second-order valence-corrected chi connectivity index (χ2v) is 7.27. The number of hydrogen-bond acceptors (Lipinski definition) is 5. The smallest absolute Gasteiger partial charge is 0.260 e. The minimum absolute atomic E-state index is 0.0243. The van der Waals surface area contributed by atoms with E-state index in [0.29, 0.717) is 18.6 Å². The van der Waals surface area contributed by atoms with Crippen molar-refractivity contribution >= 4 is 17.5 Å². The van der Waals surface area contributed by atoms with E-state index in [1.807, 2.05) is 43.3 Å². The molecule has 1 unspecified atom stereocenters. The fourth-order valence-corrected chi connectivity index (χ4v) is 3.38. The molecule has 1 atom stereocenters. The van der Waals surface area contributed by atoms with Gasteiger partial charge < -0.3 is 15.0 Å². The molecule has 0 saturated heterocycles. The number of nitrogens with one attached hydrogen (secondary N) is 1. The van der Waals surface area contributed by atoms with Crippen LogP contribution in [0, 0.1) is 0 Å². The van der Waals surface area contributed by atoms with Gasteiger partial charge in [-0.05, 0) is 54.8 Å². The summed E-state index contributed by atoms with van der Waals surface area (Å²) in [6.45, 7) is 1.92. The fourth-order valence-electron chi connectivity index (χ4n) is 3.38. The minimum Gasteiger partial charge on any atom is -0.484 e. The van der Waals surface area contributed by atoms with E-state index in [2.05, 4.69) is 15.4 Å². The molecule has 2 aromatic carbocycles. The quantitative estimate of drug-likeness (QED) is 0.681. The molecule has 0 aliphatic carbocycles. The van der Waals surface area contributed by atoms with Gasteiger partial charge in [0, 0.05) is 19.2 Å². The Labute approximate surface area is 174 Å². The van der Waals surface area contributed by atoms with Gasteiger partial charge in [0.25, 0.3) is 5.91 Å². The van der Waals surface area contributed by atoms with Crippen molar-refractivity contribution < 1.29 is 14.3 Å². The summed E-state index contributed by atoms with van der Waals surface area (Å²) >= 11 is 0. The maximum atomic E-state index is 12.6. The van der Waals surface area contributed by atoms with Crippen molar-refractivity contribution in [1.82, 2.24) is 19.7 Å². The second kappa shape index (κ2) is 8.36. The lowest BCUT2D eigenvalue weighted by atomic mass is 10.0. The molecule has 30 heavy (non-hydrogen) atoms. The molecule has 1 aliphatic heterocycles. The Balaban J connectivity index is 1.36. The number of likely N-dealkylation sites (N-methyl/N-ethyl adjacent to an activating group) is 1. The molecule has 8 nitrogen and oxygen atoms in total. The van der Waals surface area contributed by atoms with E-state index >= 15 is 0 Å². The van der Waals surface area contributed by atoms with Crippen molar-refractivity contribution in [2.75, 3.05) is 19.0 Å². The molecule has 0 radical (unpaired) electrons. The highest BCUT2D eigenvalue weighted by molar-refractivity contribution is 5.94. The van der Waals surface area contributed by atoms with E-state index in [1.54, 1.807) is 29.0 Å². The molecular formula is C22H23N5O3. The van der Waals surface area contributed by atoms with Crippen LogP contribution in [0.5, 0.6) is 5.75 Å². The molecule has 0 spiro atoms. The molecule has 8 heteroatoms. The molecule has 1 aromatic heterocycles. The first-order chi connectivity index (χ1) is 14.5. The maximum Gasteiger partial charge on any atom is 0.260 e. The lowest BCUT2D eigenvalue weighted by Gasteiger charge is -2.25. The molecule has 0 bridgehead atoms. The van der Waals surface area contributed by atoms with Crippen LogP contribution in [-0.4, -0.2) is 45.1 Å². The predicted octanol–water partition coefficient (Wildman–Crippen LogP) is 2.75. The number of rotatable bonds is 6. The average molecular weight is 405 g/mol. The topological polar surface area (TPSA) is 89.3 Å². The van der Waals surface area contributed by atoms with Gasteiger partial charge in [0.05, 0.1) is 11.7 Å². The Morgan fingerprint density at radius 3 is 2.77 bits per heavy atom. The van der Waals surface area contributed by atoms with Crippen molar-refractivity contribution in [3.63, 3.8) is 0 Å². The first kappa shape index (κ1) is 19.6. The van der Waals surface area contributed by atoms with Gasteiger partial charge in [0.1, 0.15) is 18.4 Å². The molecule has 154 valence electrons. The van der Waals surface area contributed by atoms with Gasteiger partial charge in [0.2, 0.25) is 5.91 Å². The lowest BCUT2D eigenvalue weighted by molar-refractivity contribution is -0.134. The number of hydrogen-bond donors (Lipinski definition) is 1. The van der Waals surface area contributed by atoms with Crippen molar-refractivity contribution in [3.05, 3.63) is 66.2 Å². The number of aryl methyl sites for hydroxylation is 1. The Bertz CT molecular complexity index is 1050. The Kier molecular flexibility index (Phi) is 5.47. The largest absolute Gasteiger partial charge is 0.484 e. The van der Waals surface area contributed by atoms with Gasteiger partial charge in [-0.1, -0.05) is 12.1 Å². The number of fused-ring (bicyclic) bond motifs is 1. The van der Waals surface area contributed by atoms with Crippen molar-refractivity contribution in [2.45, 2.75) is 25.8 Å². The standard InChI is InChI=1S/C22H23N5O3/c1-15(16-3-6-18(7-4-16)27-14-23-13-24-27)26(2)22(29)12-30-19-8-9-20-17(11-19)5-10-21(28)25-20/h3-4,6-9,11,13-15H,5,10,12H2,1-2H3,(H,25,28). The number of carbonyl (C=O) groups is 2. The van der Waals surface area contributed by atoms with Crippen LogP contribution < -0.4 is 10.1 Å². The number of anilines is 1. The van der Waals surface area contributed by atoms with E-state index in [4.69, 9.17) is 4.74 Å². The van der Waals surface area contributed by atoms with Crippen LogP contribution in [-0.2, 0) is 16.0 Å². The number of aromatic nitrogens is 3. The van der Waals surface area contributed by atoms with Crippen molar-refractivity contribution in [3.8, 4) is 11.4 Å². The third kappa shape index (κ3) is 4.17. The summed E-state index contributed by atoms with van der Waals surface area (Å²) in [5.74, 6) is 0.529. The highest BCUT2D eigenvalue weighted by atomic mass is 16.5. The number of nitrogens with zero attached hydrogens (tertiary/aromatic N) is 4. The summed E-state index contributed by atoms with van der Waals surface area (Å²) in [6.07, 6.45) is 4.26. The molecule has 4 rings (SSSR count). The van der Waals surface area contributed by atoms with Crippen molar-refractivity contribution in [2.24, 2.45) is 0 Å². The molecule has 2 heterocycles. The molecule has 0 saturated carbocycles. The predicted molar refractivity (Wildman–Crippen MR) is 111 cm³/mol. The van der Waals surface area contributed by atoms with Gasteiger partial charge in [-0.2, -0.15) is 5.10 Å². The fraction of sp³-hybridized carbons (Fsp3) is 0.273.